The summed E-state index contributed by atoms with van der Waals surface area (Å²) < 4.78 is 0. The lowest BCUT2D eigenvalue weighted by Crippen LogP contribution is -2.13. The molecule has 0 aromatic heterocycles. The van der Waals surface area contributed by atoms with Crippen molar-refractivity contribution in [2.24, 2.45) is 5.92 Å². The molecular formula is C31H37ClO. The van der Waals surface area contributed by atoms with Gasteiger partial charge in [-0.25, -0.2) is 0 Å². The lowest BCUT2D eigenvalue weighted by Gasteiger charge is -2.29. The molecule has 1 aliphatic rings. The summed E-state index contributed by atoms with van der Waals surface area (Å²) in [7, 11) is 0. The highest BCUT2D eigenvalue weighted by molar-refractivity contribution is 6.34. The van der Waals surface area contributed by atoms with Gasteiger partial charge in [-0.05, 0) is 78.0 Å². The van der Waals surface area contributed by atoms with E-state index in [0.29, 0.717) is 5.92 Å². The van der Waals surface area contributed by atoms with Crippen LogP contribution in [0.15, 0.2) is 66.7 Å². The minimum Gasteiger partial charge on any atom is -0.508 e. The van der Waals surface area contributed by atoms with Crippen molar-refractivity contribution in [1.82, 2.24) is 0 Å². The Morgan fingerprint density at radius 3 is 2.30 bits per heavy atom. The van der Waals surface area contributed by atoms with E-state index in [0.717, 1.165) is 33.2 Å². The Morgan fingerprint density at radius 2 is 1.52 bits per heavy atom. The van der Waals surface area contributed by atoms with Gasteiger partial charge in [-0.1, -0.05) is 106 Å². The maximum atomic E-state index is 10.00. The predicted octanol–water partition coefficient (Wildman–Crippen LogP) is 10.0. The second-order valence-corrected chi connectivity index (χ2v) is 10.2. The lowest BCUT2D eigenvalue weighted by molar-refractivity contribution is 0.302. The van der Waals surface area contributed by atoms with Gasteiger partial charge in [0.05, 0.1) is 0 Å². The summed E-state index contributed by atoms with van der Waals surface area (Å²) in [5.41, 5.74) is 5.69. The fourth-order valence-corrected chi connectivity index (χ4v) is 5.78. The number of rotatable bonds is 9. The molecule has 3 aromatic rings. The summed E-state index contributed by atoms with van der Waals surface area (Å²) in [5.74, 6) is 1.84. The molecule has 0 bridgehead atoms. The van der Waals surface area contributed by atoms with Crippen LogP contribution in [-0.2, 0) is 0 Å². The van der Waals surface area contributed by atoms with Crippen molar-refractivity contribution in [1.29, 1.82) is 0 Å². The van der Waals surface area contributed by atoms with Crippen LogP contribution in [0.5, 0.6) is 5.75 Å². The number of unbranched alkanes of at least 4 members (excludes halogenated alkanes) is 4. The van der Waals surface area contributed by atoms with Gasteiger partial charge >= 0.3 is 0 Å². The summed E-state index contributed by atoms with van der Waals surface area (Å²) in [6.45, 7) is 2.29. The molecule has 0 spiro atoms. The van der Waals surface area contributed by atoms with Crippen LogP contribution in [0.1, 0.15) is 82.6 Å². The minimum absolute atomic E-state index is 0.272. The summed E-state index contributed by atoms with van der Waals surface area (Å²) in [6.07, 6.45) is 13.7. The molecule has 0 heterocycles. The second kappa shape index (κ2) is 11.7. The van der Waals surface area contributed by atoms with Gasteiger partial charge in [-0.2, -0.15) is 0 Å². The first-order valence-corrected chi connectivity index (χ1v) is 13.2. The van der Waals surface area contributed by atoms with Gasteiger partial charge < -0.3 is 5.11 Å². The van der Waals surface area contributed by atoms with Crippen molar-refractivity contribution in [2.75, 3.05) is 0 Å². The van der Waals surface area contributed by atoms with Crippen LogP contribution >= 0.6 is 11.6 Å². The van der Waals surface area contributed by atoms with Crippen molar-refractivity contribution in [3.05, 3.63) is 77.3 Å². The number of phenolic OH excluding ortho intramolecular Hbond substituents is 1. The zero-order valence-corrected chi connectivity index (χ0v) is 20.7. The largest absolute Gasteiger partial charge is 0.508 e. The fourth-order valence-electron chi connectivity index (χ4n) is 5.50. The van der Waals surface area contributed by atoms with Gasteiger partial charge in [0.15, 0.2) is 0 Å². The molecule has 3 aromatic carbocycles. The topological polar surface area (TPSA) is 20.2 Å². The molecule has 0 unspecified atom stereocenters. The lowest BCUT2D eigenvalue weighted by atomic mass is 9.76. The van der Waals surface area contributed by atoms with Gasteiger partial charge in [0.25, 0.3) is 0 Å². The van der Waals surface area contributed by atoms with Crippen LogP contribution in [0.2, 0.25) is 5.02 Å². The van der Waals surface area contributed by atoms with Crippen LogP contribution in [0, 0.1) is 5.92 Å². The molecule has 0 aliphatic heterocycles. The van der Waals surface area contributed by atoms with Gasteiger partial charge in [0, 0.05) is 10.6 Å². The molecular weight excluding hydrogens is 424 g/mol. The maximum Gasteiger partial charge on any atom is 0.116 e. The maximum absolute atomic E-state index is 10.00. The Kier molecular flexibility index (Phi) is 8.51. The number of halogens is 1. The number of hydrogen-bond donors (Lipinski definition) is 1. The van der Waals surface area contributed by atoms with E-state index in [2.05, 4.69) is 37.3 Å². The Bertz CT molecular complexity index is 1030. The molecule has 1 N–H and O–H groups in total. The molecule has 1 fully saturated rings. The third-order valence-electron chi connectivity index (χ3n) is 7.38. The first-order valence-electron chi connectivity index (χ1n) is 12.8. The third-order valence-corrected chi connectivity index (χ3v) is 7.70. The highest BCUT2D eigenvalue weighted by atomic mass is 35.5. The average molecular weight is 461 g/mol. The SMILES string of the molecule is CCCCCCCC1CCC(c2cccc(-c3c(Cl)cccc3-c3cccc(O)c3)c2)CC1. The number of benzene rings is 3. The first-order chi connectivity index (χ1) is 16.2. The second-order valence-electron chi connectivity index (χ2n) is 9.76. The molecule has 0 atom stereocenters. The Hall–Kier alpha value is -2.25. The fraction of sp³-hybridized carbons (Fsp3) is 0.419. The molecule has 0 saturated heterocycles. The van der Waals surface area contributed by atoms with Crippen LogP contribution < -0.4 is 0 Å². The molecule has 1 nitrogen and oxygen atoms in total. The monoisotopic (exact) mass is 460 g/mol. The van der Waals surface area contributed by atoms with Crippen LogP contribution in [0.4, 0.5) is 0 Å². The van der Waals surface area contributed by atoms with Crippen LogP contribution in [-0.4, -0.2) is 5.11 Å². The molecule has 1 aliphatic carbocycles. The first kappa shape index (κ1) is 23.9. The molecule has 2 heteroatoms. The van der Waals surface area contributed by atoms with Crippen LogP contribution in [0.25, 0.3) is 22.3 Å². The van der Waals surface area contributed by atoms with Gasteiger partial charge in [-0.15, -0.1) is 0 Å². The Balaban J connectivity index is 1.48. The van der Waals surface area contributed by atoms with Gasteiger partial charge in [-0.3, -0.25) is 0 Å². The zero-order valence-electron chi connectivity index (χ0n) is 19.9. The highest BCUT2D eigenvalue weighted by Crippen LogP contribution is 2.42. The van der Waals surface area contributed by atoms with E-state index in [1.54, 1.807) is 6.07 Å². The quantitative estimate of drug-likeness (QED) is 0.315. The predicted molar refractivity (Wildman–Crippen MR) is 142 cm³/mol. The highest BCUT2D eigenvalue weighted by Gasteiger charge is 2.23. The third kappa shape index (κ3) is 6.21. The van der Waals surface area contributed by atoms with E-state index in [4.69, 9.17) is 11.6 Å². The zero-order chi connectivity index (χ0) is 23.0. The van der Waals surface area contributed by atoms with Crippen molar-refractivity contribution in [2.45, 2.75) is 77.0 Å². The molecule has 1 saturated carbocycles. The number of aromatic hydroxyl groups is 1. The average Bonchev–Trinajstić information content (AvgIpc) is 2.84. The minimum atomic E-state index is 0.272. The van der Waals surface area contributed by atoms with E-state index in [-0.39, 0.29) is 5.75 Å². The van der Waals surface area contributed by atoms with Crippen molar-refractivity contribution < 1.29 is 5.11 Å². The van der Waals surface area contributed by atoms with E-state index >= 15 is 0 Å². The summed E-state index contributed by atoms with van der Waals surface area (Å²) >= 11 is 6.73. The summed E-state index contributed by atoms with van der Waals surface area (Å²) in [4.78, 5) is 0. The summed E-state index contributed by atoms with van der Waals surface area (Å²) in [5, 5.41) is 10.7. The van der Waals surface area contributed by atoms with Crippen LogP contribution in [0.3, 0.4) is 0 Å². The van der Waals surface area contributed by atoms with Crippen molar-refractivity contribution in [3.63, 3.8) is 0 Å². The van der Waals surface area contributed by atoms with E-state index in [9.17, 15) is 5.11 Å². The molecule has 4 rings (SSSR count). The molecule has 174 valence electrons. The molecule has 33 heavy (non-hydrogen) atoms. The van der Waals surface area contributed by atoms with Crippen molar-refractivity contribution >= 4 is 11.6 Å². The Morgan fingerprint density at radius 1 is 0.788 bits per heavy atom. The number of phenols is 1. The summed E-state index contributed by atoms with van der Waals surface area (Å²) in [6, 6.07) is 22.5. The Labute approximate surface area is 204 Å². The number of hydrogen-bond acceptors (Lipinski definition) is 1. The van der Waals surface area contributed by atoms with E-state index < -0.39 is 0 Å². The molecule has 0 amide bonds. The van der Waals surface area contributed by atoms with E-state index in [1.807, 2.05) is 30.3 Å². The van der Waals surface area contributed by atoms with Crippen molar-refractivity contribution in [3.8, 4) is 28.0 Å². The van der Waals surface area contributed by atoms with Gasteiger partial charge in [0.1, 0.15) is 5.75 Å². The standard InChI is InChI=1S/C31H37ClO/c1-2-3-4-5-6-10-23-17-19-24(20-18-23)25-11-7-13-27(21-25)31-29(15-9-16-30(31)32)26-12-8-14-28(33)22-26/h7-9,11-16,21-24,33H,2-6,10,17-20H2,1H3. The normalized spacial score (nSPS) is 18.4. The van der Waals surface area contributed by atoms with Gasteiger partial charge in [0.2, 0.25) is 0 Å². The smallest absolute Gasteiger partial charge is 0.116 e. The van der Waals surface area contributed by atoms with E-state index in [1.165, 1.54) is 69.8 Å². The molecule has 0 radical (unpaired) electrons.